The van der Waals surface area contributed by atoms with Gasteiger partial charge in [-0.3, -0.25) is 0 Å². The number of rotatable bonds is 5. The van der Waals surface area contributed by atoms with Crippen molar-refractivity contribution in [2.75, 3.05) is 25.4 Å². The summed E-state index contributed by atoms with van der Waals surface area (Å²) in [6, 6.07) is 3.19. The van der Waals surface area contributed by atoms with E-state index in [9.17, 15) is 8.42 Å². The fourth-order valence-electron chi connectivity index (χ4n) is 2.37. The highest BCUT2D eigenvalue weighted by Gasteiger charge is 2.31. The maximum Gasteiger partial charge on any atom is 0.245 e. The zero-order valence-electron chi connectivity index (χ0n) is 11.7. The van der Waals surface area contributed by atoms with Gasteiger partial charge in [-0.15, -0.1) is 0 Å². The zero-order chi connectivity index (χ0) is 15.6. The van der Waals surface area contributed by atoms with Crippen molar-refractivity contribution < 1.29 is 13.2 Å². The Labute approximate surface area is 142 Å². The van der Waals surface area contributed by atoms with Crippen LogP contribution >= 0.6 is 31.9 Å². The maximum absolute atomic E-state index is 12.9. The van der Waals surface area contributed by atoms with Crippen LogP contribution in [0.3, 0.4) is 0 Å². The normalized spacial score (nSPS) is 19.3. The number of anilines is 1. The number of nitrogens with two attached hydrogens (primary N) is 1. The Kier molecular flexibility index (Phi) is 5.70. The lowest BCUT2D eigenvalue weighted by atomic mass is 10.2. The van der Waals surface area contributed by atoms with E-state index < -0.39 is 10.0 Å². The van der Waals surface area contributed by atoms with Gasteiger partial charge in [-0.25, -0.2) is 8.42 Å². The molecule has 0 spiro atoms. The van der Waals surface area contributed by atoms with Gasteiger partial charge in [-0.1, -0.05) is 6.92 Å². The van der Waals surface area contributed by atoms with Gasteiger partial charge in [0.1, 0.15) is 4.90 Å². The van der Waals surface area contributed by atoms with Crippen LogP contribution in [0.2, 0.25) is 0 Å². The summed E-state index contributed by atoms with van der Waals surface area (Å²) < 4.78 is 33.7. The van der Waals surface area contributed by atoms with Crippen molar-refractivity contribution in [2.45, 2.75) is 30.8 Å². The molecule has 2 rings (SSSR count). The molecular formula is C13H18Br2N2O3S. The molecule has 0 aromatic heterocycles. The molecule has 1 aromatic rings. The second-order valence-corrected chi connectivity index (χ2v) is 8.49. The number of nitrogens with zero attached hydrogens (tertiary/aromatic N) is 1. The Morgan fingerprint density at radius 1 is 1.38 bits per heavy atom. The minimum Gasteiger partial charge on any atom is -0.399 e. The molecule has 0 radical (unpaired) electrons. The monoisotopic (exact) mass is 440 g/mol. The van der Waals surface area contributed by atoms with Gasteiger partial charge in [0, 0.05) is 34.3 Å². The predicted octanol–water partition coefficient (Wildman–Crippen LogP) is 2.98. The third-order valence-electron chi connectivity index (χ3n) is 3.40. The Morgan fingerprint density at radius 3 is 2.48 bits per heavy atom. The average molecular weight is 442 g/mol. The molecule has 1 heterocycles. The molecular weight excluding hydrogens is 424 g/mol. The summed E-state index contributed by atoms with van der Waals surface area (Å²) in [5.41, 5.74) is 6.22. The van der Waals surface area contributed by atoms with Crippen LogP contribution in [-0.2, 0) is 14.8 Å². The molecule has 21 heavy (non-hydrogen) atoms. The average Bonchev–Trinajstić information content (AvgIpc) is 2.86. The highest BCUT2D eigenvalue weighted by atomic mass is 79.9. The van der Waals surface area contributed by atoms with Gasteiger partial charge < -0.3 is 10.5 Å². The van der Waals surface area contributed by atoms with Gasteiger partial charge in [0.25, 0.3) is 0 Å². The number of ether oxygens (including phenoxy) is 1. The molecule has 2 N–H and O–H groups in total. The van der Waals surface area contributed by atoms with Crippen molar-refractivity contribution in [1.29, 1.82) is 0 Å². The van der Waals surface area contributed by atoms with Crippen molar-refractivity contribution in [3.05, 3.63) is 21.1 Å². The molecule has 0 bridgehead atoms. The van der Waals surface area contributed by atoms with Crippen LogP contribution in [-0.4, -0.2) is 38.5 Å². The summed E-state index contributed by atoms with van der Waals surface area (Å²) in [4.78, 5) is 0.205. The van der Waals surface area contributed by atoms with Crippen molar-refractivity contribution in [3.8, 4) is 0 Å². The van der Waals surface area contributed by atoms with Gasteiger partial charge in [-0.05, 0) is 56.8 Å². The molecule has 0 saturated carbocycles. The fraction of sp³-hybridized carbons (Fsp3) is 0.538. The number of hydrogen-bond donors (Lipinski definition) is 1. The van der Waals surface area contributed by atoms with Gasteiger partial charge in [0.15, 0.2) is 0 Å². The van der Waals surface area contributed by atoms with E-state index in [1.165, 1.54) is 4.31 Å². The molecule has 1 aromatic carbocycles. The molecule has 0 aliphatic carbocycles. The van der Waals surface area contributed by atoms with E-state index in [-0.39, 0.29) is 11.0 Å². The van der Waals surface area contributed by atoms with Crippen LogP contribution in [0.1, 0.15) is 19.8 Å². The molecule has 1 unspecified atom stereocenters. The van der Waals surface area contributed by atoms with Gasteiger partial charge in [-0.2, -0.15) is 4.31 Å². The molecule has 1 saturated heterocycles. The number of sulfonamides is 1. The number of likely N-dealkylation sites (N-methyl/N-ethyl adjacent to an activating group) is 1. The van der Waals surface area contributed by atoms with Gasteiger partial charge >= 0.3 is 0 Å². The Bertz CT molecular complexity index is 593. The molecule has 1 aliphatic rings. The zero-order valence-corrected chi connectivity index (χ0v) is 15.7. The van der Waals surface area contributed by atoms with E-state index >= 15 is 0 Å². The number of halogens is 2. The summed E-state index contributed by atoms with van der Waals surface area (Å²) in [7, 11) is -3.61. The van der Waals surface area contributed by atoms with Crippen LogP contribution in [0.5, 0.6) is 0 Å². The minimum absolute atomic E-state index is 0.0222. The first-order valence-corrected chi connectivity index (χ1v) is 9.75. The number of hydrogen-bond acceptors (Lipinski definition) is 4. The number of benzene rings is 1. The molecule has 1 aliphatic heterocycles. The third kappa shape index (κ3) is 3.79. The third-order valence-corrected chi connectivity index (χ3v) is 7.22. The lowest BCUT2D eigenvalue weighted by Gasteiger charge is -2.24. The predicted molar refractivity (Wildman–Crippen MR) is 89.7 cm³/mol. The second kappa shape index (κ2) is 6.95. The molecule has 1 fully saturated rings. The van der Waals surface area contributed by atoms with Gasteiger partial charge in [0.2, 0.25) is 10.0 Å². The first kappa shape index (κ1) is 17.2. The Morgan fingerprint density at radius 2 is 2.00 bits per heavy atom. The SMILES string of the molecule is CCN(CC1CCCO1)S(=O)(=O)c1c(Br)cc(N)cc1Br. The molecule has 118 valence electrons. The smallest absolute Gasteiger partial charge is 0.245 e. The van der Waals surface area contributed by atoms with Gasteiger partial charge in [0.05, 0.1) is 6.10 Å². The highest BCUT2D eigenvalue weighted by molar-refractivity contribution is 9.11. The van der Waals surface area contributed by atoms with Crippen LogP contribution in [0.25, 0.3) is 0 Å². The second-order valence-electron chi connectivity index (χ2n) is 4.90. The Balaban J connectivity index is 2.35. The van der Waals surface area contributed by atoms with Crippen LogP contribution < -0.4 is 5.73 Å². The van der Waals surface area contributed by atoms with Crippen molar-refractivity contribution in [3.63, 3.8) is 0 Å². The lowest BCUT2D eigenvalue weighted by molar-refractivity contribution is 0.0946. The largest absolute Gasteiger partial charge is 0.399 e. The molecule has 1 atom stereocenters. The van der Waals surface area contributed by atoms with Crippen LogP contribution in [0.15, 0.2) is 26.0 Å². The van der Waals surface area contributed by atoms with E-state index in [4.69, 9.17) is 10.5 Å². The van der Waals surface area contributed by atoms with Crippen molar-refractivity contribution in [2.24, 2.45) is 0 Å². The fourth-order valence-corrected chi connectivity index (χ4v) is 6.39. The molecule has 8 heteroatoms. The molecule has 0 amide bonds. The first-order chi connectivity index (χ1) is 9.86. The quantitative estimate of drug-likeness (QED) is 0.712. The minimum atomic E-state index is -3.61. The highest BCUT2D eigenvalue weighted by Crippen LogP contribution is 2.34. The van der Waals surface area contributed by atoms with Crippen LogP contribution in [0.4, 0.5) is 5.69 Å². The summed E-state index contributed by atoms with van der Waals surface area (Å²) in [6.07, 6.45) is 1.86. The van der Waals surface area contributed by atoms with Crippen LogP contribution in [0, 0.1) is 0 Å². The first-order valence-electron chi connectivity index (χ1n) is 6.72. The van der Waals surface area contributed by atoms with E-state index in [0.717, 1.165) is 12.8 Å². The van der Waals surface area contributed by atoms with E-state index in [2.05, 4.69) is 31.9 Å². The summed E-state index contributed by atoms with van der Waals surface area (Å²) in [6.45, 7) is 3.30. The lowest BCUT2D eigenvalue weighted by Crippen LogP contribution is -2.37. The summed E-state index contributed by atoms with van der Waals surface area (Å²) in [5, 5.41) is 0. The summed E-state index contributed by atoms with van der Waals surface area (Å²) >= 11 is 6.59. The van der Waals surface area contributed by atoms with E-state index in [1.54, 1.807) is 12.1 Å². The standard InChI is InChI=1S/C13H18Br2N2O3S/c1-2-17(8-10-4-3-5-20-10)21(18,19)13-11(14)6-9(16)7-12(13)15/h6-7,10H,2-5,8,16H2,1H3. The molecule has 5 nitrogen and oxygen atoms in total. The number of nitrogen functional groups attached to an aromatic ring is 1. The van der Waals surface area contributed by atoms with Crippen molar-refractivity contribution >= 4 is 47.6 Å². The van der Waals surface area contributed by atoms with Crippen molar-refractivity contribution in [1.82, 2.24) is 4.31 Å². The summed E-state index contributed by atoms with van der Waals surface area (Å²) in [5.74, 6) is 0. The van der Waals surface area contributed by atoms with E-state index in [1.807, 2.05) is 6.92 Å². The Hall–Kier alpha value is -0.150. The maximum atomic E-state index is 12.9. The topological polar surface area (TPSA) is 72.6 Å². The van der Waals surface area contributed by atoms with E-state index in [0.29, 0.717) is 34.3 Å².